The van der Waals surface area contributed by atoms with Crippen LogP contribution >= 0.6 is 0 Å². The first-order valence-electron chi connectivity index (χ1n) is 9.41. The molecule has 28 heavy (non-hydrogen) atoms. The van der Waals surface area contributed by atoms with Crippen molar-refractivity contribution in [3.05, 3.63) is 53.1 Å². The smallest absolute Gasteiger partial charge is 0.260 e. The molecule has 4 heterocycles. The highest BCUT2D eigenvalue weighted by atomic mass is 16.2. The molecule has 0 saturated heterocycles. The second-order valence-electron chi connectivity index (χ2n) is 7.68. The maximum atomic E-state index is 13.3. The maximum absolute atomic E-state index is 13.3. The highest BCUT2D eigenvalue weighted by Gasteiger charge is 2.43. The Balaban J connectivity index is 1.54. The molecule has 0 aromatic carbocycles. The van der Waals surface area contributed by atoms with Crippen molar-refractivity contribution in [3.8, 4) is 11.5 Å². The van der Waals surface area contributed by atoms with Gasteiger partial charge in [-0.3, -0.25) is 19.8 Å². The molecule has 5 rings (SSSR count). The standard InChI is InChI=1S/C20H21N7O/c1-20(6-7-20)16-8-12-13(15(24-16)9-21-2)10-27(19(12)28)17-5-3-4-14(25-17)18-22-11-23-26-18/h3-5,8,11,21H,6-7,9-10H2,1-2H3,(H,22,23,26). The molecule has 0 unspecified atom stereocenters. The lowest BCUT2D eigenvalue weighted by molar-refractivity contribution is 0.0996. The van der Waals surface area contributed by atoms with E-state index in [0.29, 0.717) is 30.4 Å². The number of fused-ring (bicyclic) bond motifs is 1. The van der Waals surface area contributed by atoms with Crippen molar-refractivity contribution >= 4 is 11.7 Å². The number of rotatable bonds is 5. The van der Waals surface area contributed by atoms with E-state index in [1.54, 1.807) is 4.90 Å². The van der Waals surface area contributed by atoms with Gasteiger partial charge >= 0.3 is 0 Å². The highest BCUT2D eigenvalue weighted by molar-refractivity contribution is 6.09. The fraction of sp³-hybridized carbons (Fsp3) is 0.350. The lowest BCUT2D eigenvalue weighted by atomic mass is 9.99. The fourth-order valence-corrected chi connectivity index (χ4v) is 3.65. The number of nitrogens with zero attached hydrogens (tertiary/aromatic N) is 5. The summed E-state index contributed by atoms with van der Waals surface area (Å²) in [4.78, 5) is 28.6. The van der Waals surface area contributed by atoms with Crippen LogP contribution in [-0.2, 0) is 18.5 Å². The summed E-state index contributed by atoms with van der Waals surface area (Å²) < 4.78 is 0. The molecule has 8 heteroatoms. The van der Waals surface area contributed by atoms with Crippen LogP contribution in [-0.4, -0.2) is 38.1 Å². The maximum Gasteiger partial charge on any atom is 0.260 e. The van der Waals surface area contributed by atoms with Gasteiger partial charge in [-0.05, 0) is 38.1 Å². The number of amides is 1. The van der Waals surface area contributed by atoms with Gasteiger partial charge in [-0.25, -0.2) is 9.97 Å². The van der Waals surface area contributed by atoms with E-state index in [0.717, 1.165) is 35.4 Å². The van der Waals surface area contributed by atoms with Crippen molar-refractivity contribution in [1.82, 2.24) is 30.5 Å². The molecule has 3 aromatic rings. The summed E-state index contributed by atoms with van der Waals surface area (Å²) in [7, 11) is 1.90. The third kappa shape index (κ3) is 2.68. The molecule has 1 aliphatic heterocycles. The molecule has 0 atom stereocenters. The Morgan fingerprint density at radius 2 is 2.14 bits per heavy atom. The molecule has 1 fully saturated rings. The predicted molar refractivity (Wildman–Crippen MR) is 104 cm³/mol. The summed E-state index contributed by atoms with van der Waals surface area (Å²) in [5.74, 6) is 1.15. The summed E-state index contributed by atoms with van der Waals surface area (Å²) in [5, 5.41) is 9.87. The van der Waals surface area contributed by atoms with Crippen molar-refractivity contribution < 1.29 is 4.79 Å². The first-order valence-corrected chi connectivity index (χ1v) is 9.41. The molecule has 3 aromatic heterocycles. The fourth-order valence-electron chi connectivity index (χ4n) is 3.65. The van der Waals surface area contributed by atoms with E-state index in [9.17, 15) is 4.79 Å². The summed E-state index contributed by atoms with van der Waals surface area (Å²) in [6.07, 6.45) is 3.68. The highest BCUT2D eigenvalue weighted by Crippen LogP contribution is 2.47. The van der Waals surface area contributed by atoms with Gasteiger partial charge in [0.15, 0.2) is 5.82 Å². The number of aromatic nitrogens is 5. The summed E-state index contributed by atoms with van der Waals surface area (Å²) in [6.45, 7) is 3.32. The van der Waals surface area contributed by atoms with Crippen LogP contribution in [0, 0.1) is 0 Å². The monoisotopic (exact) mass is 375 g/mol. The van der Waals surface area contributed by atoms with Crippen molar-refractivity contribution in [2.24, 2.45) is 0 Å². The molecular formula is C20H21N7O. The molecule has 142 valence electrons. The number of nitrogens with one attached hydrogen (secondary N) is 2. The zero-order valence-electron chi connectivity index (χ0n) is 15.9. The van der Waals surface area contributed by atoms with Gasteiger partial charge in [0.1, 0.15) is 17.8 Å². The van der Waals surface area contributed by atoms with Crippen LogP contribution in [0.25, 0.3) is 11.5 Å². The molecule has 1 amide bonds. The lowest BCUT2D eigenvalue weighted by Crippen LogP contribution is -2.24. The van der Waals surface area contributed by atoms with Gasteiger partial charge in [0, 0.05) is 28.8 Å². The molecule has 0 radical (unpaired) electrons. The topological polar surface area (TPSA) is 99.7 Å². The third-order valence-corrected chi connectivity index (χ3v) is 5.63. The second-order valence-corrected chi connectivity index (χ2v) is 7.68. The second kappa shape index (κ2) is 6.20. The molecule has 1 saturated carbocycles. The third-order valence-electron chi connectivity index (χ3n) is 5.63. The normalized spacial score (nSPS) is 17.1. The minimum atomic E-state index is -0.0255. The van der Waals surface area contributed by atoms with Crippen molar-refractivity contribution in [1.29, 1.82) is 0 Å². The van der Waals surface area contributed by atoms with Crippen LogP contribution < -0.4 is 10.2 Å². The number of carbonyl (C=O) groups is 1. The average molecular weight is 375 g/mol. The Hall–Kier alpha value is -3.13. The van der Waals surface area contributed by atoms with E-state index in [-0.39, 0.29) is 11.3 Å². The van der Waals surface area contributed by atoms with Gasteiger partial charge in [0.2, 0.25) is 0 Å². The molecular weight excluding hydrogens is 354 g/mol. The largest absolute Gasteiger partial charge is 0.314 e. The molecule has 0 bridgehead atoms. The molecule has 2 aliphatic rings. The number of carbonyl (C=O) groups excluding carboxylic acids is 1. The van der Waals surface area contributed by atoms with Crippen LogP contribution in [0.4, 0.5) is 5.82 Å². The van der Waals surface area contributed by atoms with Crippen molar-refractivity contribution in [3.63, 3.8) is 0 Å². The van der Waals surface area contributed by atoms with Gasteiger partial charge in [0.05, 0.1) is 12.2 Å². The number of pyridine rings is 2. The molecule has 2 N–H and O–H groups in total. The van der Waals surface area contributed by atoms with Gasteiger partial charge < -0.3 is 5.32 Å². The van der Waals surface area contributed by atoms with E-state index in [4.69, 9.17) is 4.98 Å². The minimum Gasteiger partial charge on any atom is -0.314 e. The minimum absolute atomic E-state index is 0.0255. The lowest BCUT2D eigenvalue weighted by Gasteiger charge is -2.15. The van der Waals surface area contributed by atoms with Gasteiger partial charge in [0.25, 0.3) is 5.91 Å². The molecule has 1 aliphatic carbocycles. The van der Waals surface area contributed by atoms with Crippen LogP contribution in [0.5, 0.6) is 0 Å². The quantitative estimate of drug-likeness (QED) is 0.709. The van der Waals surface area contributed by atoms with E-state index in [1.165, 1.54) is 6.33 Å². The number of H-pyrrole nitrogens is 1. The number of aromatic amines is 1. The number of hydrogen-bond donors (Lipinski definition) is 2. The average Bonchev–Trinajstić information content (AvgIpc) is 3.11. The number of anilines is 1. The summed E-state index contributed by atoms with van der Waals surface area (Å²) >= 11 is 0. The van der Waals surface area contributed by atoms with Crippen LogP contribution in [0.2, 0.25) is 0 Å². The van der Waals surface area contributed by atoms with E-state index < -0.39 is 0 Å². The SMILES string of the molecule is CNCc1nc(C2(C)CC2)cc2c1CN(c1cccc(-c3ncn[nH]3)n1)C2=O. The van der Waals surface area contributed by atoms with E-state index in [2.05, 4.69) is 32.4 Å². The van der Waals surface area contributed by atoms with Gasteiger partial charge in [-0.2, -0.15) is 5.10 Å². The summed E-state index contributed by atoms with van der Waals surface area (Å²) in [5.41, 5.74) is 4.46. The van der Waals surface area contributed by atoms with Gasteiger partial charge in [-0.1, -0.05) is 13.0 Å². The van der Waals surface area contributed by atoms with Crippen LogP contribution in [0.15, 0.2) is 30.6 Å². The van der Waals surface area contributed by atoms with Crippen molar-refractivity contribution in [2.45, 2.75) is 38.3 Å². The zero-order valence-corrected chi connectivity index (χ0v) is 15.9. The Labute approximate surface area is 162 Å². The number of hydrogen-bond acceptors (Lipinski definition) is 6. The van der Waals surface area contributed by atoms with E-state index >= 15 is 0 Å². The summed E-state index contributed by atoms with van der Waals surface area (Å²) in [6, 6.07) is 7.56. The van der Waals surface area contributed by atoms with E-state index in [1.807, 2.05) is 31.3 Å². The Morgan fingerprint density at radius 1 is 1.29 bits per heavy atom. The first kappa shape index (κ1) is 17.0. The zero-order chi connectivity index (χ0) is 19.3. The Morgan fingerprint density at radius 3 is 2.86 bits per heavy atom. The van der Waals surface area contributed by atoms with Crippen LogP contribution in [0.3, 0.4) is 0 Å². The molecule has 0 spiro atoms. The first-order chi connectivity index (χ1) is 13.6. The van der Waals surface area contributed by atoms with Crippen LogP contribution in [0.1, 0.15) is 47.1 Å². The van der Waals surface area contributed by atoms with Crippen molar-refractivity contribution in [2.75, 3.05) is 11.9 Å². The predicted octanol–water partition coefficient (Wildman–Crippen LogP) is 2.19. The Bertz CT molecular complexity index is 1060. The molecule has 8 nitrogen and oxygen atoms in total. The van der Waals surface area contributed by atoms with Gasteiger partial charge in [-0.15, -0.1) is 0 Å². The Kier molecular flexibility index (Phi) is 3.77.